The van der Waals surface area contributed by atoms with Crippen molar-refractivity contribution in [2.24, 2.45) is 0 Å². The second-order valence-corrected chi connectivity index (χ2v) is 7.31. The first kappa shape index (κ1) is 15.7. The molecule has 1 fully saturated rings. The Bertz CT molecular complexity index is 666. The lowest BCUT2D eigenvalue weighted by Crippen LogP contribution is -2.56. The maximum absolute atomic E-state index is 13.7. The Morgan fingerprint density at radius 3 is 3.09 bits per heavy atom. The topological polar surface area (TPSA) is 45.1 Å². The van der Waals surface area contributed by atoms with E-state index >= 15 is 0 Å². The predicted octanol–water partition coefficient (Wildman–Crippen LogP) is 3.11. The van der Waals surface area contributed by atoms with Crippen molar-refractivity contribution in [3.05, 3.63) is 41.8 Å². The Hall–Kier alpha value is -1.17. The van der Waals surface area contributed by atoms with Crippen LogP contribution in [0.1, 0.15) is 25.3 Å². The lowest BCUT2D eigenvalue weighted by Gasteiger charge is -2.45. The standard InChI is InChI=1S/C17H21FN2OS/c1-2-22-15-5-6-17(15,21)11-19-10-13-9-14(18)8-12-4-3-7-20-16(12)13/h3-4,7-9,15,19,21H,2,5-6,10-11H2,1H3/t15-,17-/m1/s1. The van der Waals surface area contributed by atoms with Gasteiger partial charge in [0.05, 0.1) is 11.1 Å². The van der Waals surface area contributed by atoms with Gasteiger partial charge in [0.25, 0.3) is 0 Å². The summed E-state index contributed by atoms with van der Waals surface area (Å²) in [4.78, 5) is 4.34. The van der Waals surface area contributed by atoms with Crippen molar-refractivity contribution in [2.45, 2.75) is 37.2 Å². The zero-order valence-corrected chi connectivity index (χ0v) is 13.5. The number of aliphatic hydroxyl groups is 1. The summed E-state index contributed by atoms with van der Waals surface area (Å²) in [5, 5.41) is 15.0. The fourth-order valence-electron chi connectivity index (χ4n) is 3.01. The maximum atomic E-state index is 13.7. The molecule has 3 nitrogen and oxygen atoms in total. The number of nitrogens with zero attached hydrogens (tertiary/aromatic N) is 1. The first-order chi connectivity index (χ1) is 10.6. The fourth-order valence-corrected chi connectivity index (χ4v) is 4.21. The molecule has 0 unspecified atom stereocenters. The monoisotopic (exact) mass is 320 g/mol. The molecule has 3 rings (SSSR count). The molecule has 1 aromatic carbocycles. The number of thioether (sulfide) groups is 1. The van der Waals surface area contributed by atoms with E-state index < -0.39 is 5.60 Å². The zero-order chi connectivity index (χ0) is 15.6. The Morgan fingerprint density at radius 2 is 2.36 bits per heavy atom. The van der Waals surface area contributed by atoms with Gasteiger partial charge in [-0.3, -0.25) is 4.98 Å². The van der Waals surface area contributed by atoms with Crippen LogP contribution in [0.2, 0.25) is 0 Å². The highest BCUT2D eigenvalue weighted by molar-refractivity contribution is 8.00. The van der Waals surface area contributed by atoms with E-state index in [4.69, 9.17) is 0 Å². The second-order valence-electron chi connectivity index (χ2n) is 5.83. The Morgan fingerprint density at radius 1 is 1.50 bits per heavy atom. The number of hydrogen-bond donors (Lipinski definition) is 2. The first-order valence-electron chi connectivity index (χ1n) is 7.70. The molecular weight excluding hydrogens is 299 g/mol. The number of pyridine rings is 1. The van der Waals surface area contributed by atoms with Crippen molar-refractivity contribution < 1.29 is 9.50 Å². The van der Waals surface area contributed by atoms with Crippen LogP contribution in [-0.4, -0.2) is 33.2 Å². The molecule has 0 amide bonds. The molecule has 0 saturated heterocycles. The summed E-state index contributed by atoms with van der Waals surface area (Å²) in [6, 6.07) is 6.69. The lowest BCUT2D eigenvalue weighted by molar-refractivity contribution is -0.0234. The maximum Gasteiger partial charge on any atom is 0.124 e. The molecular formula is C17H21FN2OS. The molecule has 5 heteroatoms. The van der Waals surface area contributed by atoms with E-state index in [9.17, 15) is 9.50 Å². The van der Waals surface area contributed by atoms with Crippen LogP contribution in [0.25, 0.3) is 10.9 Å². The normalized spacial score (nSPS) is 24.4. The average molecular weight is 320 g/mol. The van der Waals surface area contributed by atoms with Crippen molar-refractivity contribution >= 4 is 22.7 Å². The van der Waals surface area contributed by atoms with Crippen LogP contribution in [0.15, 0.2) is 30.5 Å². The van der Waals surface area contributed by atoms with E-state index in [1.54, 1.807) is 6.20 Å². The van der Waals surface area contributed by atoms with E-state index in [1.165, 1.54) is 12.1 Å². The van der Waals surface area contributed by atoms with Gasteiger partial charge in [0.2, 0.25) is 0 Å². The van der Waals surface area contributed by atoms with Crippen LogP contribution in [0.3, 0.4) is 0 Å². The van der Waals surface area contributed by atoms with Gasteiger partial charge in [-0.2, -0.15) is 11.8 Å². The van der Waals surface area contributed by atoms with Crippen molar-refractivity contribution in [3.8, 4) is 0 Å². The highest BCUT2D eigenvalue weighted by Crippen LogP contribution is 2.40. The van der Waals surface area contributed by atoms with Gasteiger partial charge in [-0.15, -0.1) is 0 Å². The van der Waals surface area contributed by atoms with Gasteiger partial charge in [0, 0.05) is 29.9 Å². The van der Waals surface area contributed by atoms with Gasteiger partial charge in [0.15, 0.2) is 0 Å². The number of halogens is 1. The SMILES string of the molecule is CCS[C@@H]1CC[C@@]1(O)CNCc1cc(F)cc2cccnc12. The minimum Gasteiger partial charge on any atom is -0.387 e. The molecule has 0 spiro atoms. The molecule has 0 radical (unpaired) electrons. The first-order valence-corrected chi connectivity index (χ1v) is 8.75. The molecule has 0 aliphatic heterocycles. The van der Waals surface area contributed by atoms with E-state index in [2.05, 4.69) is 17.2 Å². The highest BCUT2D eigenvalue weighted by Gasteiger charge is 2.44. The molecule has 0 bridgehead atoms. The van der Waals surface area contributed by atoms with Crippen LogP contribution >= 0.6 is 11.8 Å². The predicted molar refractivity (Wildman–Crippen MR) is 89.5 cm³/mol. The van der Waals surface area contributed by atoms with Crippen LogP contribution < -0.4 is 5.32 Å². The van der Waals surface area contributed by atoms with Gasteiger partial charge in [-0.05, 0) is 42.4 Å². The molecule has 2 aromatic rings. The number of benzene rings is 1. The molecule has 22 heavy (non-hydrogen) atoms. The Balaban J connectivity index is 1.67. The molecule has 1 aliphatic rings. The number of aromatic nitrogens is 1. The van der Waals surface area contributed by atoms with Crippen molar-refractivity contribution in [1.29, 1.82) is 0 Å². The Labute approximate surface area is 134 Å². The summed E-state index contributed by atoms with van der Waals surface area (Å²) in [5.74, 6) is 0.768. The third-order valence-electron chi connectivity index (χ3n) is 4.30. The van der Waals surface area contributed by atoms with E-state index in [1.807, 2.05) is 23.9 Å². The highest BCUT2D eigenvalue weighted by atomic mass is 32.2. The number of hydrogen-bond acceptors (Lipinski definition) is 4. The van der Waals surface area contributed by atoms with Gasteiger partial charge < -0.3 is 10.4 Å². The molecule has 1 aromatic heterocycles. The fraction of sp³-hybridized carbons (Fsp3) is 0.471. The van der Waals surface area contributed by atoms with Crippen LogP contribution in [-0.2, 0) is 6.54 Å². The molecule has 1 aliphatic carbocycles. The number of fused-ring (bicyclic) bond motifs is 1. The van der Waals surface area contributed by atoms with Gasteiger partial charge in [-0.1, -0.05) is 13.0 Å². The lowest BCUT2D eigenvalue weighted by atomic mass is 9.79. The van der Waals surface area contributed by atoms with Gasteiger partial charge in [0.1, 0.15) is 5.82 Å². The Kier molecular flexibility index (Phi) is 4.66. The summed E-state index contributed by atoms with van der Waals surface area (Å²) in [5.41, 5.74) is 1.02. The summed E-state index contributed by atoms with van der Waals surface area (Å²) in [7, 11) is 0. The third kappa shape index (κ3) is 3.12. The van der Waals surface area contributed by atoms with Gasteiger partial charge in [-0.25, -0.2) is 4.39 Å². The molecule has 2 N–H and O–H groups in total. The van der Waals surface area contributed by atoms with Crippen LogP contribution in [0.5, 0.6) is 0 Å². The molecule has 1 saturated carbocycles. The summed E-state index contributed by atoms with van der Waals surface area (Å²) in [6.07, 6.45) is 3.62. The summed E-state index contributed by atoms with van der Waals surface area (Å²) >= 11 is 1.81. The van der Waals surface area contributed by atoms with Crippen molar-refractivity contribution in [2.75, 3.05) is 12.3 Å². The molecule has 2 atom stereocenters. The largest absolute Gasteiger partial charge is 0.387 e. The quantitative estimate of drug-likeness (QED) is 0.858. The zero-order valence-electron chi connectivity index (χ0n) is 12.7. The molecule has 1 heterocycles. The van der Waals surface area contributed by atoms with Crippen molar-refractivity contribution in [3.63, 3.8) is 0 Å². The minimum absolute atomic E-state index is 0.251. The minimum atomic E-state index is -0.628. The summed E-state index contributed by atoms with van der Waals surface area (Å²) in [6.45, 7) is 3.16. The number of rotatable bonds is 6. The molecule has 118 valence electrons. The van der Waals surface area contributed by atoms with Crippen LogP contribution in [0, 0.1) is 5.82 Å². The smallest absolute Gasteiger partial charge is 0.124 e. The van der Waals surface area contributed by atoms with E-state index in [0.717, 1.165) is 35.1 Å². The average Bonchev–Trinajstić information content (AvgIpc) is 2.51. The summed E-state index contributed by atoms with van der Waals surface area (Å²) < 4.78 is 13.7. The van der Waals surface area contributed by atoms with Crippen molar-refractivity contribution in [1.82, 2.24) is 10.3 Å². The van der Waals surface area contributed by atoms with E-state index in [0.29, 0.717) is 18.3 Å². The second kappa shape index (κ2) is 6.52. The van der Waals surface area contributed by atoms with Gasteiger partial charge >= 0.3 is 0 Å². The third-order valence-corrected chi connectivity index (χ3v) is 5.71. The number of nitrogens with one attached hydrogen (secondary N) is 1. The van der Waals surface area contributed by atoms with E-state index in [-0.39, 0.29) is 5.82 Å². The van der Waals surface area contributed by atoms with Crippen LogP contribution in [0.4, 0.5) is 4.39 Å².